The van der Waals surface area contributed by atoms with Gasteiger partial charge in [-0.1, -0.05) is 31.0 Å². The van der Waals surface area contributed by atoms with Gasteiger partial charge in [0.1, 0.15) is 0 Å². The largest absolute Gasteiger partial charge is 0.376 e. The molecule has 2 fully saturated rings. The third-order valence-corrected chi connectivity index (χ3v) is 6.39. The summed E-state index contributed by atoms with van der Waals surface area (Å²) in [5.41, 5.74) is 1.15. The third kappa shape index (κ3) is 3.16. The number of benzene rings is 1. The molecule has 2 atom stereocenters. The number of amides is 2. The molecule has 3 aliphatic rings. The molecule has 2 amide bonds. The molecule has 0 radical (unpaired) electrons. The summed E-state index contributed by atoms with van der Waals surface area (Å²) in [6.07, 6.45) is 6.01. The quantitative estimate of drug-likeness (QED) is 0.885. The summed E-state index contributed by atoms with van der Waals surface area (Å²) in [6.45, 7) is 5.35. The number of hydrogen-bond acceptors (Lipinski definition) is 3. The lowest BCUT2D eigenvalue weighted by molar-refractivity contribution is -0.127. The van der Waals surface area contributed by atoms with Crippen molar-refractivity contribution in [1.82, 2.24) is 10.2 Å². The average molecular weight is 370 g/mol. The summed E-state index contributed by atoms with van der Waals surface area (Å²) in [6, 6.07) is 7.76. The molecule has 1 N–H and O–H groups in total. The number of rotatable bonds is 4. The molecule has 1 aromatic carbocycles. The summed E-state index contributed by atoms with van der Waals surface area (Å²) >= 11 is 0. The van der Waals surface area contributed by atoms with E-state index in [0.29, 0.717) is 12.1 Å². The lowest BCUT2D eigenvalue weighted by atomic mass is 9.70. The topological polar surface area (TPSA) is 58.6 Å². The molecule has 146 valence electrons. The van der Waals surface area contributed by atoms with Gasteiger partial charge in [0, 0.05) is 24.8 Å². The standard InChI is InChI=1S/C22H30N2O3/c1-15(2)23-20(25)19-17-9-3-4-10-18(17)21(26)24(14-16-8-7-13-27-16)22(19)11-5-6-12-22/h3-4,9-10,15-16,19H,5-8,11-14H2,1-2H3,(H,23,25)/t16-,19+/m1/s1. The van der Waals surface area contributed by atoms with Crippen molar-refractivity contribution in [3.05, 3.63) is 35.4 Å². The van der Waals surface area contributed by atoms with Gasteiger partial charge in [0.2, 0.25) is 5.91 Å². The Morgan fingerprint density at radius 1 is 1.26 bits per heavy atom. The minimum atomic E-state index is -0.420. The Hall–Kier alpha value is -1.88. The fourth-order valence-corrected chi connectivity index (χ4v) is 5.29. The van der Waals surface area contributed by atoms with Gasteiger partial charge in [-0.15, -0.1) is 0 Å². The van der Waals surface area contributed by atoms with Crippen molar-refractivity contribution in [3.8, 4) is 0 Å². The first-order valence-electron chi connectivity index (χ1n) is 10.4. The highest BCUT2D eigenvalue weighted by molar-refractivity contribution is 6.02. The Balaban J connectivity index is 1.79. The highest BCUT2D eigenvalue weighted by Gasteiger charge is 2.56. The van der Waals surface area contributed by atoms with Gasteiger partial charge in [-0.25, -0.2) is 0 Å². The van der Waals surface area contributed by atoms with Crippen LogP contribution in [0.1, 0.15) is 74.2 Å². The van der Waals surface area contributed by atoms with Crippen LogP contribution in [0.5, 0.6) is 0 Å². The maximum absolute atomic E-state index is 13.5. The smallest absolute Gasteiger partial charge is 0.254 e. The van der Waals surface area contributed by atoms with E-state index in [1.807, 2.05) is 43.0 Å². The van der Waals surface area contributed by atoms with Crippen LogP contribution in [-0.2, 0) is 9.53 Å². The Labute approximate surface area is 161 Å². The fraction of sp³-hybridized carbons (Fsp3) is 0.636. The molecule has 2 aliphatic heterocycles. The van der Waals surface area contributed by atoms with Crippen LogP contribution >= 0.6 is 0 Å². The zero-order valence-electron chi connectivity index (χ0n) is 16.4. The van der Waals surface area contributed by atoms with Crippen LogP contribution in [0.25, 0.3) is 0 Å². The summed E-state index contributed by atoms with van der Waals surface area (Å²) in [5, 5.41) is 3.13. The van der Waals surface area contributed by atoms with Crippen molar-refractivity contribution in [2.75, 3.05) is 13.2 Å². The molecule has 27 heavy (non-hydrogen) atoms. The molecule has 0 bridgehead atoms. The van der Waals surface area contributed by atoms with Crippen LogP contribution in [0, 0.1) is 0 Å². The van der Waals surface area contributed by atoms with Crippen molar-refractivity contribution in [2.45, 2.75) is 76.0 Å². The Morgan fingerprint density at radius 3 is 2.67 bits per heavy atom. The molecule has 1 aliphatic carbocycles. The molecule has 5 heteroatoms. The first-order chi connectivity index (χ1) is 13.0. The van der Waals surface area contributed by atoms with E-state index in [1.54, 1.807) is 0 Å². The van der Waals surface area contributed by atoms with Gasteiger partial charge in [0.15, 0.2) is 0 Å². The van der Waals surface area contributed by atoms with Crippen molar-refractivity contribution >= 4 is 11.8 Å². The van der Waals surface area contributed by atoms with E-state index in [2.05, 4.69) is 5.32 Å². The van der Waals surface area contributed by atoms with Gasteiger partial charge in [-0.05, 0) is 51.2 Å². The number of carbonyl (C=O) groups excluding carboxylic acids is 2. The average Bonchev–Trinajstić information content (AvgIpc) is 3.31. The number of ether oxygens (including phenoxy) is 1. The van der Waals surface area contributed by atoms with E-state index in [9.17, 15) is 9.59 Å². The van der Waals surface area contributed by atoms with Gasteiger partial charge in [-0.3, -0.25) is 9.59 Å². The van der Waals surface area contributed by atoms with Crippen LogP contribution < -0.4 is 5.32 Å². The zero-order valence-corrected chi connectivity index (χ0v) is 16.4. The van der Waals surface area contributed by atoms with Crippen LogP contribution in [0.2, 0.25) is 0 Å². The minimum absolute atomic E-state index is 0.0455. The number of fused-ring (bicyclic) bond motifs is 1. The molecule has 1 saturated heterocycles. The lowest BCUT2D eigenvalue weighted by Crippen LogP contribution is -2.62. The number of nitrogens with one attached hydrogen (secondary N) is 1. The normalized spacial score (nSPS) is 26.6. The number of nitrogens with zero attached hydrogens (tertiary/aromatic N) is 1. The molecule has 1 aromatic rings. The molecule has 4 rings (SSSR count). The summed E-state index contributed by atoms with van der Waals surface area (Å²) in [5.74, 6) is -0.196. The molecular weight excluding hydrogens is 340 g/mol. The van der Waals surface area contributed by atoms with E-state index in [4.69, 9.17) is 4.74 Å². The van der Waals surface area contributed by atoms with Crippen LogP contribution in [0.3, 0.4) is 0 Å². The Kier molecular flexibility index (Phi) is 4.97. The van der Waals surface area contributed by atoms with E-state index >= 15 is 0 Å². The van der Waals surface area contributed by atoms with Crippen molar-refractivity contribution in [3.63, 3.8) is 0 Å². The molecule has 0 unspecified atom stereocenters. The highest BCUT2D eigenvalue weighted by atomic mass is 16.5. The second-order valence-electron chi connectivity index (χ2n) is 8.55. The van der Waals surface area contributed by atoms with Gasteiger partial charge >= 0.3 is 0 Å². The second-order valence-corrected chi connectivity index (χ2v) is 8.55. The summed E-state index contributed by atoms with van der Waals surface area (Å²) in [7, 11) is 0. The Bertz CT molecular complexity index is 718. The minimum Gasteiger partial charge on any atom is -0.376 e. The van der Waals surface area contributed by atoms with Gasteiger partial charge in [0.25, 0.3) is 5.91 Å². The van der Waals surface area contributed by atoms with Gasteiger partial charge in [-0.2, -0.15) is 0 Å². The van der Waals surface area contributed by atoms with E-state index in [0.717, 1.165) is 50.7 Å². The van der Waals surface area contributed by atoms with Crippen LogP contribution in [-0.4, -0.2) is 47.6 Å². The molecule has 2 heterocycles. The number of carbonyl (C=O) groups is 2. The maximum atomic E-state index is 13.5. The third-order valence-electron chi connectivity index (χ3n) is 6.39. The van der Waals surface area contributed by atoms with Crippen molar-refractivity contribution in [2.24, 2.45) is 0 Å². The van der Waals surface area contributed by atoms with Crippen LogP contribution in [0.15, 0.2) is 24.3 Å². The molecule has 0 aromatic heterocycles. The van der Waals surface area contributed by atoms with Crippen molar-refractivity contribution in [1.29, 1.82) is 0 Å². The van der Waals surface area contributed by atoms with Crippen molar-refractivity contribution < 1.29 is 14.3 Å². The summed E-state index contributed by atoms with van der Waals surface area (Å²) in [4.78, 5) is 28.9. The molecule has 5 nitrogen and oxygen atoms in total. The SMILES string of the molecule is CC(C)NC(=O)[C@@H]1c2ccccc2C(=O)N(C[C@H]2CCCO2)C12CCCC2. The highest BCUT2D eigenvalue weighted by Crippen LogP contribution is 2.50. The fourth-order valence-electron chi connectivity index (χ4n) is 5.29. The van der Waals surface area contributed by atoms with Gasteiger partial charge < -0.3 is 15.0 Å². The van der Waals surface area contributed by atoms with E-state index in [1.165, 1.54) is 0 Å². The van der Waals surface area contributed by atoms with E-state index in [-0.39, 0.29) is 29.9 Å². The monoisotopic (exact) mass is 370 g/mol. The molecule has 1 saturated carbocycles. The first kappa shape index (κ1) is 18.5. The predicted octanol–water partition coefficient (Wildman–Crippen LogP) is 3.24. The van der Waals surface area contributed by atoms with Crippen LogP contribution in [0.4, 0.5) is 0 Å². The second kappa shape index (κ2) is 7.27. The number of hydrogen-bond donors (Lipinski definition) is 1. The Morgan fingerprint density at radius 2 is 2.00 bits per heavy atom. The molecule has 1 spiro atoms. The lowest BCUT2D eigenvalue weighted by Gasteiger charge is -2.50. The first-order valence-corrected chi connectivity index (χ1v) is 10.4. The predicted molar refractivity (Wildman–Crippen MR) is 104 cm³/mol. The van der Waals surface area contributed by atoms with E-state index < -0.39 is 5.54 Å². The summed E-state index contributed by atoms with van der Waals surface area (Å²) < 4.78 is 5.86. The molecular formula is C22H30N2O3. The maximum Gasteiger partial charge on any atom is 0.254 e. The van der Waals surface area contributed by atoms with Gasteiger partial charge in [0.05, 0.1) is 17.6 Å². The zero-order chi connectivity index (χ0) is 19.0.